The monoisotopic (exact) mass is 455 g/mol. The highest BCUT2D eigenvalue weighted by molar-refractivity contribution is 6.05. The molecule has 0 spiro atoms. The van der Waals surface area contributed by atoms with Crippen molar-refractivity contribution in [2.24, 2.45) is 0 Å². The third-order valence-electron chi connectivity index (χ3n) is 6.25. The van der Waals surface area contributed by atoms with Gasteiger partial charge in [0.1, 0.15) is 16.7 Å². The minimum atomic E-state index is -0.0915. The Hall–Kier alpha value is -3.58. The Balaban J connectivity index is 1.80. The number of aromatic nitrogens is 5. The number of benzene rings is 2. The van der Waals surface area contributed by atoms with E-state index in [0.717, 1.165) is 23.1 Å². The van der Waals surface area contributed by atoms with E-state index in [1.807, 2.05) is 42.7 Å². The van der Waals surface area contributed by atoms with E-state index in [2.05, 4.69) is 38.1 Å². The van der Waals surface area contributed by atoms with Gasteiger partial charge in [0.2, 0.25) is 0 Å². The van der Waals surface area contributed by atoms with Gasteiger partial charge in [-0.2, -0.15) is 0 Å². The van der Waals surface area contributed by atoms with Crippen molar-refractivity contribution < 1.29 is 4.74 Å². The molecule has 0 aliphatic heterocycles. The first-order valence-electron chi connectivity index (χ1n) is 11.9. The molecule has 0 unspecified atom stereocenters. The molecule has 5 aromatic rings. The summed E-state index contributed by atoms with van der Waals surface area (Å²) < 4.78 is 9.16. The van der Waals surface area contributed by atoms with Crippen molar-refractivity contribution in [1.29, 1.82) is 0 Å². The molecule has 0 amide bonds. The maximum absolute atomic E-state index is 13.8. The van der Waals surface area contributed by atoms with Gasteiger partial charge >= 0.3 is 0 Å². The molecule has 5 rings (SSSR count). The highest BCUT2D eigenvalue weighted by Crippen LogP contribution is 2.29. The number of ether oxygens (including phenoxy) is 1. The molecular weight excluding hydrogens is 426 g/mol. The van der Waals surface area contributed by atoms with Crippen LogP contribution in [0.2, 0.25) is 0 Å². The van der Waals surface area contributed by atoms with Gasteiger partial charge in [0.25, 0.3) is 5.56 Å². The number of rotatable bonds is 7. The van der Waals surface area contributed by atoms with Gasteiger partial charge in [-0.15, -0.1) is 0 Å². The van der Waals surface area contributed by atoms with Crippen LogP contribution in [0.25, 0.3) is 38.9 Å². The van der Waals surface area contributed by atoms with E-state index in [4.69, 9.17) is 19.7 Å². The molecule has 34 heavy (non-hydrogen) atoms. The second-order valence-electron chi connectivity index (χ2n) is 8.83. The minimum Gasteiger partial charge on any atom is -0.382 e. The summed E-state index contributed by atoms with van der Waals surface area (Å²) in [6, 6.07) is 16.1. The van der Waals surface area contributed by atoms with Gasteiger partial charge in [-0.3, -0.25) is 13.9 Å². The van der Waals surface area contributed by atoms with Gasteiger partial charge in [-0.05, 0) is 56.0 Å². The largest absolute Gasteiger partial charge is 0.382 e. The first-order chi connectivity index (χ1) is 16.5. The third kappa shape index (κ3) is 3.76. The normalized spacial score (nSPS) is 11.9. The first kappa shape index (κ1) is 22.2. The van der Waals surface area contributed by atoms with Crippen molar-refractivity contribution in [1.82, 2.24) is 24.1 Å². The molecule has 174 valence electrons. The van der Waals surface area contributed by atoms with Crippen molar-refractivity contribution >= 4 is 33.2 Å². The highest BCUT2D eigenvalue weighted by atomic mass is 16.5. The van der Waals surface area contributed by atoms with Crippen LogP contribution in [0.4, 0.5) is 0 Å². The molecular formula is C27H29N5O2. The zero-order valence-electron chi connectivity index (χ0n) is 20.1. The van der Waals surface area contributed by atoms with E-state index in [1.54, 1.807) is 4.57 Å². The molecule has 7 heteroatoms. The summed E-state index contributed by atoms with van der Waals surface area (Å²) in [5.41, 5.74) is 5.42. The average Bonchev–Trinajstić information content (AvgIpc) is 3.14. The van der Waals surface area contributed by atoms with Crippen molar-refractivity contribution in [3.05, 3.63) is 70.3 Å². The molecule has 0 saturated carbocycles. The fraction of sp³-hybridized carbons (Fsp3) is 0.333. The molecule has 3 heterocycles. The number of fused-ring (bicyclic) bond motifs is 4. The maximum atomic E-state index is 13.8. The molecule has 3 aromatic heterocycles. The van der Waals surface area contributed by atoms with Crippen LogP contribution in [0.1, 0.15) is 44.5 Å². The van der Waals surface area contributed by atoms with Crippen molar-refractivity contribution in [3.8, 4) is 5.69 Å². The number of aryl methyl sites for hydroxylation is 1. The molecule has 0 atom stereocenters. The molecule has 0 saturated heterocycles. The van der Waals surface area contributed by atoms with Crippen LogP contribution in [0.15, 0.2) is 53.3 Å². The Morgan fingerprint density at radius 1 is 0.941 bits per heavy atom. The van der Waals surface area contributed by atoms with Crippen LogP contribution in [0, 0.1) is 6.92 Å². The summed E-state index contributed by atoms with van der Waals surface area (Å²) in [6.45, 7) is 10.0. The maximum Gasteiger partial charge on any atom is 0.265 e. The van der Waals surface area contributed by atoms with Gasteiger partial charge in [-0.25, -0.2) is 15.0 Å². The Labute approximate surface area is 198 Å². The van der Waals surface area contributed by atoms with E-state index >= 15 is 0 Å². The van der Waals surface area contributed by atoms with Crippen molar-refractivity contribution in [3.63, 3.8) is 0 Å². The van der Waals surface area contributed by atoms with Gasteiger partial charge in [0, 0.05) is 25.4 Å². The summed E-state index contributed by atoms with van der Waals surface area (Å²) in [6.07, 6.45) is 0.742. The fourth-order valence-electron chi connectivity index (χ4n) is 4.42. The first-order valence-corrected chi connectivity index (χ1v) is 11.9. The Morgan fingerprint density at radius 2 is 1.65 bits per heavy atom. The number of hydrogen-bond acceptors (Lipinski definition) is 5. The van der Waals surface area contributed by atoms with Crippen molar-refractivity contribution in [2.75, 3.05) is 13.2 Å². The van der Waals surface area contributed by atoms with E-state index in [-0.39, 0.29) is 5.56 Å². The minimum absolute atomic E-state index is 0.0915. The van der Waals surface area contributed by atoms with E-state index in [9.17, 15) is 4.79 Å². The molecule has 0 aliphatic carbocycles. The summed E-state index contributed by atoms with van der Waals surface area (Å²) >= 11 is 0. The molecule has 7 nitrogen and oxygen atoms in total. The lowest BCUT2D eigenvalue weighted by atomic mass is 10.0. The summed E-state index contributed by atoms with van der Waals surface area (Å²) in [5.74, 6) is 1.10. The zero-order valence-corrected chi connectivity index (χ0v) is 20.1. The van der Waals surface area contributed by atoms with Crippen molar-refractivity contribution in [2.45, 2.75) is 46.6 Å². The molecule has 0 fully saturated rings. The van der Waals surface area contributed by atoms with E-state index in [1.165, 1.54) is 5.56 Å². The molecule has 0 aliphatic rings. The molecule has 0 N–H and O–H groups in total. The number of nitrogens with zero attached hydrogens (tertiary/aromatic N) is 5. The topological polar surface area (TPSA) is 74.8 Å². The van der Waals surface area contributed by atoms with Crippen LogP contribution >= 0.6 is 0 Å². The van der Waals surface area contributed by atoms with Crippen LogP contribution in [0.5, 0.6) is 0 Å². The zero-order chi connectivity index (χ0) is 23.8. The third-order valence-corrected chi connectivity index (χ3v) is 6.25. The SMILES string of the molecule is CCOCCCn1c(C)nc2c(c1=O)c1nc3ccccc3nc1n2-c1ccc(C(C)C)cc1. The highest BCUT2D eigenvalue weighted by Gasteiger charge is 2.22. The lowest BCUT2D eigenvalue weighted by Crippen LogP contribution is -2.24. The predicted octanol–water partition coefficient (Wildman–Crippen LogP) is 5.14. The summed E-state index contributed by atoms with van der Waals surface area (Å²) in [5, 5.41) is 0.503. The quantitative estimate of drug-likeness (QED) is 0.318. The second-order valence-corrected chi connectivity index (χ2v) is 8.83. The van der Waals surface area contributed by atoms with Crippen LogP contribution < -0.4 is 5.56 Å². The Kier molecular flexibility index (Phi) is 5.87. The van der Waals surface area contributed by atoms with E-state index in [0.29, 0.717) is 53.7 Å². The van der Waals surface area contributed by atoms with Gasteiger partial charge < -0.3 is 4.74 Å². The lowest BCUT2D eigenvalue weighted by molar-refractivity contribution is 0.141. The van der Waals surface area contributed by atoms with Crippen LogP contribution in [-0.4, -0.2) is 37.3 Å². The lowest BCUT2D eigenvalue weighted by Gasteiger charge is -2.12. The molecule has 0 radical (unpaired) electrons. The van der Waals surface area contributed by atoms with E-state index < -0.39 is 0 Å². The van der Waals surface area contributed by atoms with Crippen LogP contribution in [0.3, 0.4) is 0 Å². The molecule has 2 aromatic carbocycles. The molecule has 0 bridgehead atoms. The second kappa shape index (κ2) is 8.99. The van der Waals surface area contributed by atoms with Crippen LogP contribution in [-0.2, 0) is 11.3 Å². The summed E-state index contributed by atoms with van der Waals surface area (Å²) in [4.78, 5) is 28.5. The Morgan fingerprint density at radius 3 is 2.32 bits per heavy atom. The average molecular weight is 456 g/mol. The standard InChI is InChI=1S/C27H29N5O2/c1-5-34-16-8-15-31-18(4)28-25-23(27(31)33)24-26(30-22-10-7-6-9-21(22)29-24)32(25)20-13-11-19(12-14-20)17(2)3/h6-7,9-14,17H,5,8,15-16H2,1-4H3. The summed E-state index contributed by atoms with van der Waals surface area (Å²) in [7, 11) is 0. The van der Waals surface area contributed by atoms with Gasteiger partial charge in [0.15, 0.2) is 11.3 Å². The predicted molar refractivity (Wildman–Crippen MR) is 136 cm³/mol. The number of para-hydroxylation sites is 2. The smallest absolute Gasteiger partial charge is 0.265 e. The van der Waals surface area contributed by atoms with Gasteiger partial charge in [-0.1, -0.05) is 38.1 Å². The number of hydrogen-bond donors (Lipinski definition) is 0. The fourth-order valence-corrected chi connectivity index (χ4v) is 4.42. The Bertz CT molecular complexity index is 1550. The van der Waals surface area contributed by atoms with Gasteiger partial charge in [0.05, 0.1) is 11.0 Å².